The van der Waals surface area contributed by atoms with E-state index in [0.717, 1.165) is 38.5 Å². The predicted molar refractivity (Wildman–Crippen MR) is 97.2 cm³/mol. The lowest BCUT2D eigenvalue weighted by Crippen LogP contribution is -2.26. The molecule has 5 atom stereocenters. The summed E-state index contributed by atoms with van der Waals surface area (Å²) in [6, 6.07) is 0. The van der Waals surface area contributed by atoms with Crippen LogP contribution in [0.1, 0.15) is 64.2 Å². The Kier molecular flexibility index (Phi) is 6.71. The van der Waals surface area contributed by atoms with Crippen molar-refractivity contribution < 1.29 is 19.7 Å². The number of aliphatic hydroxyl groups excluding tert-OH is 1. The van der Waals surface area contributed by atoms with Crippen LogP contribution in [0.25, 0.3) is 0 Å². The number of ether oxygens (including phenoxy) is 1. The maximum Gasteiger partial charge on any atom is 0.303 e. The fourth-order valence-electron chi connectivity index (χ4n) is 4.83. The zero-order valence-electron chi connectivity index (χ0n) is 15.1. The van der Waals surface area contributed by atoms with Gasteiger partial charge in [-0.3, -0.25) is 4.79 Å². The summed E-state index contributed by atoms with van der Waals surface area (Å²) in [6.45, 7) is 0. The van der Waals surface area contributed by atoms with Crippen LogP contribution in [-0.2, 0) is 9.53 Å². The van der Waals surface area contributed by atoms with Crippen molar-refractivity contribution in [2.45, 2.75) is 82.5 Å². The van der Waals surface area contributed by atoms with Crippen LogP contribution in [-0.4, -0.2) is 34.5 Å². The van der Waals surface area contributed by atoms with Gasteiger partial charge >= 0.3 is 5.97 Å². The van der Waals surface area contributed by atoms with Gasteiger partial charge in [-0.15, -0.1) is 0 Å². The molecule has 2 bridgehead atoms. The molecule has 0 aromatic heterocycles. The van der Waals surface area contributed by atoms with Gasteiger partial charge in [0.05, 0.1) is 18.3 Å². The topological polar surface area (TPSA) is 66.8 Å². The number of hydrogen-bond donors (Lipinski definition) is 2. The molecule has 1 unspecified atom stereocenters. The van der Waals surface area contributed by atoms with Gasteiger partial charge in [-0.2, -0.15) is 0 Å². The highest BCUT2D eigenvalue weighted by Gasteiger charge is 2.46. The largest absolute Gasteiger partial charge is 0.481 e. The van der Waals surface area contributed by atoms with Crippen molar-refractivity contribution in [3.8, 4) is 0 Å². The van der Waals surface area contributed by atoms with Crippen LogP contribution >= 0.6 is 0 Å². The molecule has 0 amide bonds. The van der Waals surface area contributed by atoms with E-state index in [1.165, 1.54) is 12.8 Å². The molecule has 0 radical (unpaired) electrons. The van der Waals surface area contributed by atoms with Gasteiger partial charge in [0.2, 0.25) is 0 Å². The Morgan fingerprint density at radius 1 is 1.12 bits per heavy atom. The molecule has 3 rings (SSSR count). The first-order valence-corrected chi connectivity index (χ1v) is 10.0. The van der Waals surface area contributed by atoms with Crippen LogP contribution in [0.5, 0.6) is 0 Å². The second-order valence-corrected chi connectivity index (χ2v) is 7.94. The van der Waals surface area contributed by atoms with Gasteiger partial charge in [0.15, 0.2) is 0 Å². The highest BCUT2D eigenvalue weighted by Crippen LogP contribution is 2.46. The third kappa shape index (κ3) is 4.95. The molecule has 0 spiro atoms. The van der Waals surface area contributed by atoms with Crippen molar-refractivity contribution >= 4 is 5.97 Å². The molecular formula is C21H32O4. The second-order valence-electron chi connectivity index (χ2n) is 7.94. The number of aliphatic hydroxyl groups is 1. The maximum absolute atomic E-state index is 10.5. The SMILES string of the molecule is O=C(O)CCCC=CC[C@H]1[C@H](C=CC(O)C2CCCC2)[C@@H]2CC[C@H]1O2. The summed E-state index contributed by atoms with van der Waals surface area (Å²) in [7, 11) is 0. The number of rotatable bonds is 9. The van der Waals surface area contributed by atoms with Crippen molar-refractivity contribution in [2.24, 2.45) is 17.8 Å². The van der Waals surface area contributed by atoms with Gasteiger partial charge in [0.1, 0.15) is 0 Å². The Bertz CT molecular complexity index is 492. The second kappa shape index (κ2) is 9.00. The standard InChI is InChI=1S/C21H32O4/c22-18(15-7-5-6-8-15)12-11-17-16(19-13-14-20(17)25-19)9-3-1-2-4-10-21(23)24/h1,3,11-12,15-20,22H,2,4-10,13-14H2,(H,23,24)/t16-,17-,18?,19+,20-/m0/s1. The van der Waals surface area contributed by atoms with Gasteiger partial charge < -0.3 is 14.9 Å². The summed E-state index contributed by atoms with van der Waals surface area (Å²) in [5.74, 6) is 0.643. The maximum atomic E-state index is 10.5. The molecule has 3 fully saturated rings. The molecule has 4 nitrogen and oxygen atoms in total. The van der Waals surface area contributed by atoms with Crippen molar-refractivity contribution in [2.75, 3.05) is 0 Å². The number of hydrogen-bond acceptors (Lipinski definition) is 3. The van der Waals surface area contributed by atoms with Crippen LogP contribution in [0.4, 0.5) is 0 Å². The minimum Gasteiger partial charge on any atom is -0.481 e. The molecule has 2 aliphatic heterocycles. The normalized spacial score (nSPS) is 33.8. The Morgan fingerprint density at radius 2 is 1.88 bits per heavy atom. The molecule has 25 heavy (non-hydrogen) atoms. The third-order valence-electron chi connectivity index (χ3n) is 6.24. The minimum atomic E-state index is -0.721. The fraction of sp³-hybridized carbons (Fsp3) is 0.762. The average molecular weight is 348 g/mol. The Balaban J connectivity index is 1.49. The molecule has 4 heteroatoms. The third-order valence-corrected chi connectivity index (χ3v) is 6.24. The van der Waals surface area contributed by atoms with Gasteiger partial charge in [0, 0.05) is 12.3 Å². The van der Waals surface area contributed by atoms with E-state index in [9.17, 15) is 9.90 Å². The lowest BCUT2D eigenvalue weighted by atomic mass is 9.77. The summed E-state index contributed by atoms with van der Waals surface area (Å²) >= 11 is 0. The van der Waals surface area contributed by atoms with E-state index in [1.54, 1.807) is 0 Å². The van der Waals surface area contributed by atoms with Crippen LogP contribution in [0.15, 0.2) is 24.3 Å². The summed E-state index contributed by atoms with van der Waals surface area (Å²) < 4.78 is 6.12. The molecule has 3 aliphatic rings. The molecule has 0 aromatic rings. The molecule has 2 N–H and O–H groups in total. The molecule has 1 saturated carbocycles. The van der Waals surface area contributed by atoms with E-state index >= 15 is 0 Å². The summed E-state index contributed by atoms with van der Waals surface area (Å²) in [4.78, 5) is 10.5. The van der Waals surface area contributed by atoms with E-state index in [4.69, 9.17) is 9.84 Å². The Morgan fingerprint density at radius 3 is 2.64 bits per heavy atom. The van der Waals surface area contributed by atoms with Crippen LogP contribution in [0, 0.1) is 17.8 Å². The number of carbonyl (C=O) groups is 1. The summed E-state index contributed by atoms with van der Waals surface area (Å²) in [5.41, 5.74) is 0. The van der Waals surface area contributed by atoms with E-state index < -0.39 is 5.97 Å². The quantitative estimate of drug-likeness (QED) is 0.486. The first-order chi connectivity index (χ1) is 12.1. The average Bonchev–Trinajstić information content (AvgIpc) is 3.32. The number of fused-ring (bicyclic) bond motifs is 2. The highest BCUT2D eigenvalue weighted by molar-refractivity contribution is 5.66. The smallest absolute Gasteiger partial charge is 0.303 e. The number of unbranched alkanes of at least 4 members (excludes halogenated alkanes) is 1. The van der Waals surface area contributed by atoms with Gasteiger partial charge in [0.25, 0.3) is 0 Å². The number of aliphatic carboxylic acids is 1. The number of carboxylic acids is 1. The molecule has 2 saturated heterocycles. The minimum absolute atomic E-state index is 0.242. The Labute approximate surface area is 151 Å². The number of allylic oxidation sites excluding steroid dienone is 2. The van der Waals surface area contributed by atoms with Crippen LogP contribution < -0.4 is 0 Å². The molecule has 2 heterocycles. The first kappa shape index (κ1) is 18.7. The van der Waals surface area contributed by atoms with Gasteiger partial charge in [-0.25, -0.2) is 0 Å². The molecule has 0 aromatic carbocycles. The lowest BCUT2D eigenvalue weighted by Gasteiger charge is -2.25. The van der Waals surface area contributed by atoms with Crippen LogP contribution in [0.3, 0.4) is 0 Å². The van der Waals surface area contributed by atoms with Crippen molar-refractivity contribution in [3.05, 3.63) is 24.3 Å². The molecule has 140 valence electrons. The Hall–Kier alpha value is -1.13. The van der Waals surface area contributed by atoms with E-state index in [1.807, 2.05) is 6.08 Å². The first-order valence-electron chi connectivity index (χ1n) is 10.0. The fourth-order valence-corrected chi connectivity index (χ4v) is 4.83. The summed E-state index contributed by atoms with van der Waals surface area (Å²) in [6.07, 6.45) is 18.8. The molecular weight excluding hydrogens is 316 g/mol. The zero-order chi connectivity index (χ0) is 17.6. The van der Waals surface area contributed by atoms with Gasteiger partial charge in [-0.05, 0) is 56.8 Å². The van der Waals surface area contributed by atoms with E-state index in [2.05, 4.69) is 18.2 Å². The van der Waals surface area contributed by atoms with Gasteiger partial charge in [-0.1, -0.05) is 37.1 Å². The predicted octanol–water partition coefficient (Wildman–Crippen LogP) is 4.09. The van der Waals surface area contributed by atoms with Crippen molar-refractivity contribution in [3.63, 3.8) is 0 Å². The molecule has 1 aliphatic carbocycles. The van der Waals surface area contributed by atoms with Crippen LogP contribution in [0.2, 0.25) is 0 Å². The number of carboxylic acid groups (broad SMARTS) is 1. The van der Waals surface area contributed by atoms with Crippen molar-refractivity contribution in [1.82, 2.24) is 0 Å². The van der Waals surface area contributed by atoms with Crippen molar-refractivity contribution in [1.29, 1.82) is 0 Å². The van der Waals surface area contributed by atoms with E-state index in [-0.39, 0.29) is 12.5 Å². The monoisotopic (exact) mass is 348 g/mol. The highest BCUT2D eigenvalue weighted by atomic mass is 16.5. The lowest BCUT2D eigenvalue weighted by molar-refractivity contribution is -0.137. The zero-order valence-corrected chi connectivity index (χ0v) is 15.1. The van der Waals surface area contributed by atoms with E-state index in [0.29, 0.717) is 36.4 Å². The summed E-state index contributed by atoms with van der Waals surface area (Å²) in [5, 5.41) is 19.1.